The van der Waals surface area contributed by atoms with E-state index in [1.807, 2.05) is 37.3 Å². The molecule has 0 saturated heterocycles. The number of anilines is 1. The van der Waals surface area contributed by atoms with E-state index >= 15 is 0 Å². The Kier molecular flexibility index (Phi) is 5.70. The number of carbonyl (C=O) groups is 1. The summed E-state index contributed by atoms with van der Waals surface area (Å²) in [5.74, 6) is 0.0299. The predicted molar refractivity (Wildman–Crippen MR) is 105 cm³/mol. The second-order valence-corrected chi connectivity index (χ2v) is 8.57. The maximum atomic E-state index is 12.9. The highest BCUT2D eigenvalue weighted by molar-refractivity contribution is 7.92. The van der Waals surface area contributed by atoms with Gasteiger partial charge in [-0.15, -0.1) is 0 Å². The molecular weight excluding hydrogens is 364 g/mol. The Balaban J connectivity index is 1.84. The zero-order valence-corrected chi connectivity index (χ0v) is 16.3. The molecule has 6 nitrogen and oxygen atoms in total. The van der Waals surface area contributed by atoms with Crippen LogP contribution < -0.4 is 14.4 Å². The molecule has 2 aromatic rings. The van der Waals surface area contributed by atoms with Crippen molar-refractivity contribution in [3.8, 4) is 5.75 Å². The van der Waals surface area contributed by atoms with Crippen molar-refractivity contribution >= 4 is 21.6 Å². The molecule has 1 aliphatic rings. The van der Waals surface area contributed by atoms with E-state index in [-0.39, 0.29) is 24.2 Å². The van der Waals surface area contributed by atoms with Gasteiger partial charge in [0.15, 0.2) is 6.10 Å². The molecule has 144 valence electrons. The van der Waals surface area contributed by atoms with Crippen molar-refractivity contribution in [3.05, 3.63) is 60.2 Å². The topological polar surface area (TPSA) is 75.7 Å². The average Bonchev–Trinajstić information content (AvgIpc) is 2.71. The second kappa shape index (κ2) is 8.00. The number of fused-ring (bicyclic) bond motifs is 1. The number of hydrogen-bond donors (Lipinski definition) is 1. The lowest BCUT2D eigenvalue weighted by molar-refractivity contribution is -0.128. The van der Waals surface area contributed by atoms with Gasteiger partial charge in [0.1, 0.15) is 5.75 Å². The van der Waals surface area contributed by atoms with Crippen LogP contribution in [0.1, 0.15) is 31.9 Å². The van der Waals surface area contributed by atoms with E-state index in [1.165, 1.54) is 4.31 Å². The predicted octanol–water partition coefficient (Wildman–Crippen LogP) is 2.87. The SMILES string of the molecule is CC[C@@H](NC(=O)[C@@H]1CN(S(=O)(=O)CC)c2ccccc2O1)c1ccccc1. The Hall–Kier alpha value is -2.54. The Morgan fingerprint density at radius 2 is 1.81 bits per heavy atom. The molecule has 1 amide bonds. The summed E-state index contributed by atoms with van der Waals surface area (Å²) in [6, 6.07) is 16.4. The number of nitrogens with zero attached hydrogens (tertiary/aromatic N) is 1. The van der Waals surface area contributed by atoms with Crippen molar-refractivity contribution < 1.29 is 17.9 Å². The van der Waals surface area contributed by atoms with Gasteiger partial charge in [-0.25, -0.2) is 8.42 Å². The number of hydrogen-bond acceptors (Lipinski definition) is 4. The van der Waals surface area contributed by atoms with Crippen LogP contribution in [0.15, 0.2) is 54.6 Å². The summed E-state index contributed by atoms with van der Waals surface area (Å²) in [6.45, 7) is 3.54. The molecule has 0 saturated carbocycles. The van der Waals surface area contributed by atoms with E-state index in [4.69, 9.17) is 4.74 Å². The van der Waals surface area contributed by atoms with E-state index in [9.17, 15) is 13.2 Å². The summed E-state index contributed by atoms with van der Waals surface area (Å²) in [4.78, 5) is 12.9. The lowest BCUT2D eigenvalue weighted by Gasteiger charge is -2.35. The lowest BCUT2D eigenvalue weighted by Crippen LogP contribution is -2.51. The quantitative estimate of drug-likeness (QED) is 0.826. The van der Waals surface area contributed by atoms with Crippen molar-refractivity contribution in [1.29, 1.82) is 0 Å². The third kappa shape index (κ3) is 4.08. The third-order valence-electron chi connectivity index (χ3n) is 4.65. The molecule has 0 fully saturated rings. The van der Waals surface area contributed by atoms with Gasteiger partial charge in [-0.3, -0.25) is 9.10 Å². The van der Waals surface area contributed by atoms with Crippen LogP contribution >= 0.6 is 0 Å². The van der Waals surface area contributed by atoms with Crippen LogP contribution in [0.4, 0.5) is 5.69 Å². The van der Waals surface area contributed by atoms with Gasteiger partial charge in [0.2, 0.25) is 10.0 Å². The molecule has 1 aliphatic heterocycles. The molecule has 3 rings (SSSR count). The first kappa shape index (κ1) is 19.2. The van der Waals surface area contributed by atoms with Gasteiger partial charge in [-0.05, 0) is 31.0 Å². The number of amides is 1. The maximum absolute atomic E-state index is 12.9. The summed E-state index contributed by atoms with van der Waals surface area (Å²) in [5, 5.41) is 2.99. The van der Waals surface area contributed by atoms with Crippen LogP contribution in [0.3, 0.4) is 0 Å². The van der Waals surface area contributed by atoms with Crippen LogP contribution in [0.25, 0.3) is 0 Å². The molecular formula is C20H24N2O4S. The standard InChI is InChI=1S/C20H24N2O4S/c1-3-16(15-10-6-5-7-11-15)21-20(23)19-14-22(27(24,25)4-2)17-12-8-9-13-18(17)26-19/h5-13,16,19H,3-4,14H2,1-2H3,(H,21,23)/t16-,19+/m1/s1. The first-order chi connectivity index (χ1) is 13.0. The lowest BCUT2D eigenvalue weighted by atomic mass is 10.0. The van der Waals surface area contributed by atoms with Crippen molar-refractivity contribution in [2.75, 3.05) is 16.6 Å². The highest BCUT2D eigenvalue weighted by atomic mass is 32.2. The van der Waals surface area contributed by atoms with Crippen molar-refractivity contribution in [1.82, 2.24) is 5.32 Å². The Morgan fingerprint density at radius 1 is 1.15 bits per heavy atom. The summed E-state index contributed by atoms with van der Waals surface area (Å²) in [5.41, 5.74) is 1.47. The zero-order valence-electron chi connectivity index (χ0n) is 15.5. The number of nitrogens with one attached hydrogen (secondary N) is 1. The molecule has 0 unspecified atom stereocenters. The first-order valence-corrected chi connectivity index (χ1v) is 10.7. The van der Waals surface area contributed by atoms with Crippen molar-refractivity contribution in [3.63, 3.8) is 0 Å². The Bertz CT molecular complexity index is 899. The number of para-hydroxylation sites is 2. The number of sulfonamides is 1. The normalized spacial score (nSPS) is 17.6. The molecule has 0 radical (unpaired) electrons. The number of ether oxygens (including phenoxy) is 1. The van der Waals surface area contributed by atoms with Gasteiger partial charge in [-0.2, -0.15) is 0 Å². The van der Waals surface area contributed by atoms with Crippen LogP contribution in [-0.4, -0.2) is 32.7 Å². The molecule has 2 aromatic carbocycles. The third-order valence-corrected chi connectivity index (χ3v) is 6.40. The van der Waals surface area contributed by atoms with E-state index in [2.05, 4.69) is 5.32 Å². The summed E-state index contributed by atoms with van der Waals surface area (Å²) >= 11 is 0. The minimum absolute atomic E-state index is 0.0375. The fourth-order valence-corrected chi connectivity index (χ4v) is 4.25. The molecule has 7 heteroatoms. The number of carbonyl (C=O) groups excluding carboxylic acids is 1. The fraction of sp³-hybridized carbons (Fsp3) is 0.350. The molecule has 0 aliphatic carbocycles. The minimum Gasteiger partial charge on any atom is -0.476 e. The van der Waals surface area contributed by atoms with Crippen molar-refractivity contribution in [2.24, 2.45) is 0 Å². The molecule has 1 N–H and O–H groups in total. The Morgan fingerprint density at radius 3 is 2.48 bits per heavy atom. The van der Waals surface area contributed by atoms with Gasteiger partial charge < -0.3 is 10.1 Å². The fourth-order valence-electron chi connectivity index (χ4n) is 3.13. The van der Waals surface area contributed by atoms with Gasteiger partial charge in [0, 0.05) is 0 Å². The molecule has 0 aromatic heterocycles. The van der Waals surface area contributed by atoms with Gasteiger partial charge in [-0.1, -0.05) is 49.4 Å². The molecule has 1 heterocycles. The largest absolute Gasteiger partial charge is 0.476 e. The number of rotatable bonds is 6. The number of benzene rings is 2. The Labute approximate surface area is 160 Å². The molecule has 0 spiro atoms. The molecule has 2 atom stereocenters. The van der Waals surface area contributed by atoms with Crippen LogP contribution in [0.2, 0.25) is 0 Å². The zero-order chi connectivity index (χ0) is 19.4. The van der Waals surface area contributed by atoms with E-state index < -0.39 is 16.1 Å². The maximum Gasteiger partial charge on any atom is 0.263 e. The first-order valence-electron chi connectivity index (χ1n) is 9.07. The van der Waals surface area contributed by atoms with E-state index in [0.29, 0.717) is 11.4 Å². The average molecular weight is 388 g/mol. The van der Waals surface area contributed by atoms with Crippen LogP contribution in [0.5, 0.6) is 5.75 Å². The minimum atomic E-state index is -3.51. The molecule has 0 bridgehead atoms. The highest BCUT2D eigenvalue weighted by Crippen LogP contribution is 2.35. The van der Waals surface area contributed by atoms with Crippen LogP contribution in [0, 0.1) is 0 Å². The smallest absolute Gasteiger partial charge is 0.263 e. The van der Waals surface area contributed by atoms with Gasteiger partial charge in [0.05, 0.1) is 24.0 Å². The second-order valence-electron chi connectivity index (χ2n) is 6.39. The van der Waals surface area contributed by atoms with E-state index in [0.717, 1.165) is 12.0 Å². The summed E-state index contributed by atoms with van der Waals surface area (Å²) < 4.78 is 32.2. The van der Waals surface area contributed by atoms with Gasteiger partial charge in [0.25, 0.3) is 5.91 Å². The van der Waals surface area contributed by atoms with Crippen LogP contribution in [-0.2, 0) is 14.8 Å². The summed E-state index contributed by atoms with van der Waals surface area (Å²) in [7, 11) is -3.51. The molecule has 27 heavy (non-hydrogen) atoms. The van der Waals surface area contributed by atoms with Crippen molar-refractivity contribution in [2.45, 2.75) is 32.4 Å². The highest BCUT2D eigenvalue weighted by Gasteiger charge is 2.36. The monoisotopic (exact) mass is 388 g/mol. The van der Waals surface area contributed by atoms with Gasteiger partial charge >= 0.3 is 0 Å². The summed E-state index contributed by atoms with van der Waals surface area (Å²) in [6.07, 6.45) is -0.185. The van der Waals surface area contributed by atoms with E-state index in [1.54, 1.807) is 31.2 Å².